The first kappa shape index (κ1) is 17.9. The maximum atomic E-state index is 13.4. The Morgan fingerprint density at radius 3 is 2.69 bits per heavy atom. The first-order chi connectivity index (χ1) is 12.3. The molecule has 3 fully saturated rings. The number of ketones is 2. The Kier molecular flexibility index (Phi) is 4.16. The van der Waals surface area contributed by atoms with Gasteiger partial charge in [0.1, 0.15) is 11.9 Å². The molecule has 4 heteroatoms. The molecule has 0 aromatic heterocycles. The topological polar surface area (TPSA) is 60.4 Å². The van der Waals surface area contributed by atoms with Gasteiger partial charge in [-0.3, -0.25) is 14.4 Å². The summed E-state index contributed by atoms with van der Waals surface area (Å²) in [4.78, 5) is 37.1. The number of Topliss-reactive ketones (excluding diaryl/α,β-unsaturated/α-hetero) is 1. The first-order valence-corrected chi connectivity index (χ1v) is 10.3. The average molecular weight is 358 g/mol. The van der Waals surface area contributed by atoms with Gasteiger partial charge >= 0.3 is 5.97 Å². The average Bonchev–Trinajstić information content (AvgIpc) is 2.91. The summed E-state index contributed by atoms with van der Waals surface area (Å²) in [5, 5.41) is 0. The molecule has 3 saturated carbocycles. The minimum absolute atomic E-state index is 0.0364. The minimum Gasteiger partial charge on any atom is -0.462 e. The number of rotatable bonds is 2. The van der Waals surface area contributed by atoms with Crippen LogP contribution in [0, 0.1) is 28.6 Å². The molecule has 0 saturated heterocycles. The standard InChI is InChI=1S/C22H30O4/c1-4-19(25)26-18-8-7-16-15-6-5-13-11-14(23)9-10-21(13,2)20(15)17(24)12-22(16,18)3/h11,15-16,18,20H,4-10,12H2,1-3H3/t15-,16-,18+,20+,21-,22-/m0/s1. The van der Waals surface area contributed by atoms with Crippen molar-refractivity contribution in [3.8, 4) is 0 Å². The Hall–Kier alpha value is -1.45. The van der Waals surface area contributed by atoms with Gasteiger partial charge in [-0.1, -0.05) is 26.3 Å². The molecule has 4 aliphatic carbocycles. The van der Waals surface area contributed by atoms with Gasteiger partial charge in [-0.15, -0.1) is 0 Å². The molecule has 6 atom stereocenters. The zero-order chi connectivity index (χ0) is 18.7. The molecule has 0 bridgehead atoms. The highest BCUT2D eigenvalue weighted by atomic mass is 16.5. The fraction of sp³-hybridized carbons (Fsp3) is 0.773. The lowest BCUT2D eigenvalue weighted by molar-refractivity contribution is -0.164. The van der Waals surface area contributed by atoms with Crippen molar-refractivity contribution in [1.82, 2.24) is 0 Å². The molecule has 0 unspecified atom stereocenters. The molecule has 4 aliphatic rings. The highest BCUT2D eigenvalue weighted by Crippen LogP contribution is 2.64. The fourth-order valence-electron chi connectivity index (χ4n) is 6.77. The van der Waals surface area contributed by atoms with Crippen molar-refractivity contribution in [2.45, 2.75) is 78.2 Å². The van der Waals surface area contributed by atoms with Crippen LogP contribution in [0.15, 0.2) is 11.6 Å². The van der Waals surface area contributed by atoms with Crippen molar-refractivity contribution in [3.05, 3.63) is 11.6 Å². The fourth-order valence-corrected chi connectivity index (χ4v) is 6.77. The van der Waals surface area contributed by atoms with Gasteiger partial charge < -0.3 is 4.74 Å². The van der Waals surface area contributed by atoms with Gasteiger partial charge in [0.2, 0.25) is 0 Å². The lowest BCUT2D eigenvalue weighted by Gasteiger charge is -2.56. The van der Waals surface area contributed by atoms with Crippen molar-refractivity contribution in [2.75, 3.05) is 0 Å². The molecule has 4 rings (SSSR count). The van der Waals surface area contributed by atoms with E-state index < -0.39 is 0 Å². The van der Waals surface area contributed by atoms with Crippen LogP contribution in [0.3, 0.4) is 0 Å². The summed E-state index contributed by atoms with van der Waals surface area (Å²) in [6.45, 7) is 6.20. The van der Waals surface area contributed by atoms with Crippen molar-refractivity contribution in [1.29, 1.82) is 0 Å². The van der Waals surface area contributed by atoms with Crippen LogP contribution in [-0.2, 0) is 19.1 Å². The molecule has 4 nitrogen and oxygen atoms in total. The van der Waals surface area contributed by atoms with Crippen LogP contribution in [0.4, 0.5) is 0 Å². The Balaban J connectivity index is 1.66. The summed E-state index contributed by atoms with van der Waals surface area (Å²) in [5.74, 6) is 1.23. The number of hydrogen-bond donors (Lipinski definition) is 0. The molecule has 26 heavy (non-hydrogen) atoms. The zero-order valence-electron chi connectivity index (χ0n) is 16.2. The van der Waals surface area contributed by atoms with E-state index in [-0.39, 0.29) is 34.6 Å². The van der Waals surface area contributed by atoms with Gasteiger partial charge in [0.05, 0.1) is 0 Å². The van der Waals surface area contributed by atoms with E-state index in [0.29, 0.717) is 36.9 Å². The van der Waals surface area contributed by atoms with E-state index >= 15 is 0 Å². The van der Waals surface area contributed by atoms with Crippen molar-refractivity contribution in [3.63, 3.8) is 0 Å². The molecular weight excluding hydrogens is 328 g/mol. The van der Waals surface area contributed by atoms with Crippen molar-refractivity contribution in [2.24, 2.45) is 28.6 Å². The molecule has 0 amide bonds. The van der Waals surface area contributed by atoms with E-state index in [2.05, 4.69) is 13.8 Å². The third kappa shape index (κ3) is 2.44. The number of esters is 1. The Morgan fingerprint density at radius 1 is 1.19 bits per heavy atom. The summed E-state index contributed by atoms with van der Waals surface area (Å²) < 4.78 is 5.76. The van der Waals surface area contributed by atoms with Crippen LogP contribution >= 0.6 is 0 Å². The van der Waals surface area contributed by atoms with E-state index in [0.717, 1.165) is 32.1 Å². The number of allylic oxidation sites excluding steroid dienone is 1. The van der Waals surface area contributed by atoms with Crippen LogP contribution < -0.4 is 0 Å². The molecular formula is C22H30O4. The van der Waals surface area contributed by atoms with E-state index in [1.807, 2.05) is 13.0 Å². The predicted molar refractivity (Wildman–Crippen MR) is 97.3 cm³/mol. The van der Waals surface area contributed by atoms with E-state index in [1.54, 1.807) is 0 Å². The second-order valence-electron chi connectivity index (χ2n) is 9.40. The quantitative estimate of drug-likeness (QED) is 0.700. The number of carbonyl (C=O) groups is 3. The second kappa shape index (κ2) is 6.03. The van der Waals surface area contributed by atoms with Crippen LogP contribution in [-0.4, -0.2) is 23.6 Å². The highest BCUT2D eigenvalue weighted by Gasteiger charge is 2.63. The Bertz CT molecular complexity index is 692. The number of carbonyl (C=O) groups excluding carboxylic acids is 3. The van der Waals surface area contributed by atoms with Crippen LogP contribution in [0.1, 0.15) is 72.1 Å². The van der Waals surface area contributed by atoms with E-state index in [4.69, 9.17) is 4.74 Å². The summed E-state index contributed by atoms with van der Waals surface area (Å²) >= 11 is 0. The maximum Gasteiger partial charge on any atom is 0.305 e. The number of ether oxygens (including phenoxy) is 1. The SMILES string of the molecule is CCC(=O)O[C@@H]1CC[C@H]2[C@@H]3CCC4=CC(=O)CC[C@]4(C)[C@H]3C(=O)C[C@]12C. The van der Waals surface area contributed by atoms with Crippen LogP contribution in [0.25, 0.3) is 0 Å². The van der Waals surface area contributed by atoms with Gasteiger partial charge in [0, 0.05) is 30.6 Å². The van der Waals surface area contributed by atoms with E-state index in [9.17, 15) is 14.4 Å². The number of hydrogen-bond acceptors (Lipinski definition) is 4. The number of fused-ring (bicyclic) bond motifs is 5. The lowest BCUT2D eigenvalue weighted by Crippen LogP contribution is -2.55. The summed E-state index contributed by atoms with van der Waals surface area (Å²) in [6, 6.07) is 0. The van der Waals surface area contributed by atoms with Crippen LogP contribution in [0.5, 0.6) is 0 Å². The lowest BCUT2D eigenvalue weighted by atomic mass is 9.47. The summed E-state index contributed by atoms with van der Waals surface area (Å²) in [7, 11) is 0. The largest absolute Gasteiger partial charge is 0.462 e. The van der Waals surface area contributed by atoms with Gasteiger partial charge in [-0.2, -0.15) is 0 Å². The molecule has 0 aromatic carbocycles. The maximum absolute atomic E-state index is 13.4. The first-order valence-electron chi connectivity index (χ1n) is 10.3. The monoisotopic (exact) mass is 358 g/mol. The van der Waals surface area contributed by atoms with E-state index in [1.165, 1.54) is 5.57 Å². The van der Waals surface area contributed by atoms with Crippen molar-refractivity contribution < 1.29 is 19.1 Å². The molecule has 142 valence electrons. The third-order valence-corrected chi connectivity index (χ3v) is 8.12. The Morgan fingerprint density at radius 2 is 1.96 bits per heavy atom. The van der Waals surface area contributed by atoms with Gasteiger partial charge in [-0.05, 0) is 55.4 Å². The molecule has 0 spiro atoms. The third-order valence-electron chi connectivity index (χ3n) is 8.12. The highest BCUT2D eigenvalue weighted by molar-refractivity contribution is 5.93. The molecule has 0 heterocycles. The smallest absolute Gasteiger partial charge is 0.305 e. The molecule has 0 N–H and O–H groups in total. The minimum atomic E-state index is -0.217. The van der Waals surface area contributed by atoms with Crippen molar-refractivity contribution >= 4 is 17.5 Å². The second-order valence-corrected chi connectivity index (χ2v) is 9.40. The normalized spacial score (nSPS) is 44.7. The molecule has 0 aromatic rings. The van der Waals surface area contributed by atoms with Gasteiger partial charge in [0.15, 0.2) is 5.78 Å². The van der Waals surface area contributed by atoms with Gasteiger partial charge in [-0.25, -0.2) is 0 Å². The Labute approximate surface area is 155 Å². The summed E-state index contributed by atoms with van der Waals surface area (Å²) in [6.07, 6.45) is 7.82. The molecule has 0 aliphatic heterocycles. The predicted octanol–water partition coefficient (Wildman–Crippen LogP) is 4.02. The van der Waals surface area contributed by atoms with Gasteiger partial charge in [0.25, 0.3) is 0 Å². The molecule has 0 radical (unpaired) electrons. The van der Waals surface area contributed by atoms with Crippen LogP contribution in [0.2, 0.25) is 0 Å². The zero-order valence-corrected chi connectivity index (χ0v) is 16.2. The summed E-state index contributed by atoms with van der Waals surface area (Å²) in [5.41, 5.74) is 0.845.